The quantitative estimate of drug-likeness (QED) is 0.464. The number of imide groups is 1. The third-order valence-electron chi connectivity index (χ3n) is 5.11. The van der Waals surface area contributed by atoms with Crippen molar-refractivity contribution in [3.63, 3.8) is 0 Å². The second kappa shape index (κ2) is 7.55. The van der Waals surface area contributed by atoms with Crippen molar-refractivity contribution in [2.24, 2.45) is 0 Å². The normalized spacial score (nSPS) is 16.5. The Bertz CT molecular complexity index is 1130. The van der Waals surface area contributed by atoms with Gasteiger partial charge in [-0.25, -0.2) is 9.69 Å². The van der Waals surface area contributed by atoms with Crippen LogP contribution in [0.25, 0.3) is 0 Å². The van der Waals surface area contributed by atoms with Gasteiger partial charge in [-0.15, -0.1) is 0 Å². The average Bonchev–Trinajstić information content (AvgIpc) is 2.86. The summed E-state index contributed by atoms with van der Waals surface area (Å²) in [5.41, 5.74) is -4.78. The van der Waals surface area contributed by atoms with Crippen molar-refractivity contribution in [3.05, 3.63) is 64.7 Å². The number of hydrogen-bond donors (Lipinski definition) is 0. The smallest absolute Gasteiger partial charge is 0.305 e. The zero-order valence-corrected chi connectivity index (χ0v) is 16.7. The van der Waals surface area contributed by atoms with Gasteiger partial charge in [0.15, 0.2) is 0 Å². The van der Waals surface area contributed by atoms with Gasteiger partial charge < -0.3 is 4.90 Å². The van der Waals surface area contributed by atoms with Crippen molar-refractivity contribution >= 4 is 17.6 Å². The number of nitriles is 1. The van der Waals surface area contributed by atoms with Crippen molar-refractivity contribution in [1.82, 2.24) is 4.90 Å². The van der Waals surface area contributed by atoms with E-state index in [4.69, 9.17) is 5.26 Å². The molecule has 2 aromatic rings. The first-order valence-electron chi connectivity index (χ1n) is 9.11. The molecule has 0 spiro atoms. The minimum absolute atomic E-state index is 0.0895. The number of amides is 3. The molecule has 3 amide bonds. The molecule has 5 nitrogen and oxygen atoms in total. The summed E-state index contributed by atoms with van der Waals surface area (Å²) in [7, 11) is 0. The lowest BCUT2D eigenvalue weighted by atomic mass is 10.0. The van der Waals surface area contributed by atoms with Crippen molar-refractivity contribution in [2.75, 3.05) is 4.90 Å². The Balaban J connectivity index is 2.00. The van der Waals surface area contributed by atoms with Gasteiger partial charge in [-0.2, -0.15) is 31.6 Å². The number of benzene rings is 2. The summed E-state index contributed by atoms with van der Waals surface area (Å²) in [6.45, 7) is 2.31. The molecule has 0 bridgehead atoms. The van der Waals surface area contributed by atoms with E-state index in [0.717, 1.165) is 35.2 Å². The van der Waals surface area contributed by atoms with Gasteiger partial charge in [0.2, 0.25) is 0 Å². The number of anilines is 1. The second-order valence-electron chi connectivity index (χ2n) is 7.61. The van der Waals surface area contributed by atoms with Gasteiger partial charge in [-0.05, 0) is 49.7 Å². The maximum absolute atomic E-state index is 13.3. The number of nitrogens with zero attached hydrogens (tertiary/aromatic N) is 3. The molecule has 0 atom stereocenters. The zero-order valence-electron chi connectivity index (χ0n) is 16.7. The van der Waals surface area contributed by atoms with E-state index in [2.05, 4.69) is 0 Å². The fourth-order valence-electron chi connectivity index (χ4n) is 3.36. The first kappa shape index (κ1) is 23.1. The van der Waals surface area contributed by atoms with E-state index >= 15 is 0 Å². The van der Waals surface area contributed by atoms with E-state index in [1.54, 1.807) is 0 Å². The number of alkyl halides is 6. The average molecular weight is 455 g/mol. The van der Waals surface area contributed by atoms with Crippen LogP contribution in [0.2, 0.25) is 0 Å². The molecule has 3 rings (SSSR count). The topological polar surface area (TPSA) is 64.4 Å². The Morgan fingerprint density at radius 1 is 0.969 bits per heavy atom. The third kappa shape index (κ3) is 4.00. The highest BCUT2D eigenvalue weighted by Gasteiger charge is 2.52. The van der Waals surface area contributed by atoms with Crippen molar-refractivity contribution in [1.29, 1.82) is 5.26 Å². The fraction of sp³-hybridized carbons (Fsp3) is 0.286. The molecule has 1 aliphatic heterocycles. The predicted octanol–water partition coefficient (Wildman–Crippen LogP) is 5.34. The minimum Gasteiger partial charge on any atom is -0.305 e. The predicted molar refractivity (Wildman–Crippen MR) is 100 cm³/mol. The first-order valence-corrected chi connectivity index (χ1v) is 9.11. The van der Waals surface area contributed by atoms with E-state index < -0.39 is 52.2 Å². The summed E-state index contributed by atoms with van der Waals surface area (Å²) in [4.78, 5) is 27.4. The van der Waals surface area contributed by atoms with Crippen LogP contribution in [0.1, 0.15) is 36.1 Å². The number of urea groups is 1. The van der Waals surface area contributed by atoms with Crippen LogP contribution in [0.3, 0.4) is 0 Å². The lowest BCUT2D eigenvalue weighted by molar-refractivity contribution is -0.138. The van der Waals surface area contributed by atoms with Crippen LogP contribution in [0.5, 0.6) is 0 Å². The molecule has 1 aliphatic rings. The van der Waals surface area contributed by atoms with Crippen LogP contribution in [0.15, 0.2) is 42.5 Å². The SMILES string of the molecule is CC1(C)C(=O)N(c2ccc(C#N)c(C(F)(F)F)c2)C(=O)N1Cc1cccc(C(F)(F)F)c1. The molecule has 2 aromatic carbocycles. The van der Waals surface area contributed by atoms with Gasteiger partial charge in [0.05, 0.1) is 28.4 Å². The molecule has 0 saturated carbocycles. The van der Waals surface area contributed by atoms with Crippen LogP contribution < -0.4 is 4.90 Å². The number of carbonyl (C=O) groups excluding carboxylic acids is 2. The molecule has 1 heterocycles. The molecule has 0 radical (unpaired) electrons. The minimum atomic E-state index is -4.90. The van der Waals surface area contributed by atoms with Crippen molar-refractivity contribution in [3.8, 4) is 6.07 Å². The molecule has 0 aliphatic carbocycles. The molecule has 0 N–H and O–H groups in total. The summed E-state index contributed by atoms with van der Waals surface area (Å²) in [6.07, 6.45) is -9.51. The number of rotatable bonds is 3. The standard InChI is InChI=1S/C21H15F6N3O2/c1-19(2)17(31)30(15-7-6-13(10-28)16(9-15)21(25,26)27)18(32)29(19)11-12-4-3-5-14(8-12)20(22,23)24/h3-9H,11H2,1-2H3. The highest BCUT2D eigenvalue weighted by atomic mass is 19.4. The van der Waals surface area contributed by atoms with Gasteiger partial charge in [0.25, 0.3) is 5.91 Å². The number of halogens is 6. The summed E-state index contributed by atoms with van der Waals surface area (Å²) in [6, 6.07) is 7.01. The summed E-state index contributed by atoms with van der Waals surface area (Å²) in [5, 5.41) is 8.93. The Labute approximate surface area is 178 Å². The number of carbonyl (C=O) groups is 2. The van der Waals surface area contributed by atoms with Gasteiger partial charge in [0, 0.05) is 6.54 Å². The molecule has 1 fully saturated rings. The Kier molecular flexibility index (Phi) is 5.45. The van der Waals surface area contributed by atoms with Crippen LogP contribution in [0, 0.1) is 11.3 Å². The van der Waals surface area contributed by atoms with E-state index in [-0.39, 0.29) is 12.1 Å². The Morgan fingerprint density at radius 3 is 2.19 bits per heavy atom. The van der Waals surface area contributed by atoms with Gasteiger partial charge >= 0.3 is 18.4 Å². The highest BCUT2D eigenvalue weighted by Crippen LogP contribution is 2.38. The molecule has 0 aromatic heterocycles. The van der Waals surface area contributed by atoms with Gasteiger partial charge in [0.1, 0.15) is 5.54 Å². The fourth-order valence-corrected chi connectivity index (χ4v) is 3.36. The van der Waals surface area contributed by atoms with E-state index in [1.165, 1.54) is 26.0 Å². The molecular formula is C21H15F6N3O2. The van der Waals surface area contributed by atoms with Crippen LogP contribution in [-0.4, -0.2) is 22.4 Å². The summed E-state index contributed by atoms with van der Waals surface area (Å²) < 4.78 is 78.9. The first-order chi connectivity index (χ1) is 14.7. The molecule has 168 valence electrons. The molecule has 0 unspecified atom stereocenters. The lowest BCUT2D eigenvalue weighted by Gasteiger charge is -2.28. The lowest BCUT2D eigenvalue weighted by Crippen LogP contribution is -2.43. The maximum Gasteiger partial charge on any atom is 0.417 e. The largest absolute Gasteiger partial charge is 0.417 e. The molecular weight excluding hydrogens is 440 g/mol. The molecule has 32 heavy (non-hydrogen) atoms. The van der Waals surface area contributed by atoms with Crippen LogP contribution in [0.4, 0.5) is 36.8 Å². The van der Waals surface area contributed by atoms with Crippen molar-refractivity contribution < 1.29 is 35.9 Å². The monoisotopic (exact) mass is 455 g/mol. The van der Waals surface area contributed by atoms with Gasteiger partial charge in [-0.3, -0.25) is 4.79 Å². The number of hydrogen-bond acceptors (Lipinski definition) is 3. The van der Waals surface area contributed by atoms with E-state index in [0.29, 0.717) is 11.0 Å². The van der Waals surface area contributed by atoms with Crippen LogP contribution in [-0.2, 0) is 23.7 Å². The Morgan fingerprint density at radius 2 is 1.62 bits per heavy atom. The summed E-state index contributed by atoms with van der Waals surface area (Å²) >= 11 is 0. The Hall–Kier alpha value is -3.55. The maximum atomic E-state index is 13.3. The van der Waals surface area contributed by atoms with Gasteiger partial charge in [-0.1, -0.05) is 12.1 Å². The zero-order chi connectivity index (χ0) is 24.1. The summed E-state index contributed by atoms with van der Waals surface area (Å²) in [5.74, 6) is -0.854. The van der Waals surface area contributed by atoms with Crippen molar-refractivity contribution in [2.45, 2.75) is 38.3 Å². The van der Waals surface area contributed by atoms with E-state index in [1.807, 2.05) is 0 Å². The third-order valence-corrected chi connectivity index (χ3v) is 5.11. The molecule has 11 heteroatoms. The molecule has 1 saturated heterocycles. The van der Waals surface area contributed by atoms with Crippen LogP contribution >= 0.6 is 0 Å². The second-order valence-corrected chi connectivity index (χ2v) is 7.61. The van der Waals surface area contributed by atoms with E-state index in [9.17, 15) is 35.9 Å². The highest BCUT2D eigenvalue weighted by molar-refractivity contribution is 6.23.